The van der Waals surface area contributed by atoms with Gasteiger partial charge in [-0.3, -0.25) is 9.59 Å². The van der Waals surface area contributed by atoms with Gasteiger partial charge >= 0.3 is 5.97 Å². The van der Waals surface area contributed by atoms with Gasteiger partial charge in [-0.25, -0.2) is 4.79 Å². The lowest BCUT2D eigenvalue weighted by Crippen LogP contribution is -2.41. The number of hydrogen-bond donors (Lipinski definition) is 2. The zero-order valence-electron chi connectivity index (χ0n) is 15.5. The first-order valence-corrected chi connectivity index (χ1v) is 8.95. The highest BCUT2D eigenvalue weighted by atomic mass is 16.5. The molecule has 0 aliphatic heterocycles. The number of unbranched alkanes of at least 4 members (excludes halogenated alkanes) is 1. The molecule has 0 saturated heterocycles. The van der Waals surface area contributed by atoms with Gasteiger partial charge in [-0.05, 0) is 49.7 Å². The van der Waals surface area contributed by atoms with Crippen LogP contribution in [0.1, 0.15) is 47.4 Å². The predicted molar refractivity (Wildman–Crippen MR) is 104 cm³/mol. The Balaban J connectivity index is 1.87. The lowest BCUT2D eigenvalue weighted by Gasteiger charge is -2.14. The Kier molecular flexibility index (Phi) is 7.55. The van der Waals surface area contributed by atoms with Crippen molar-refractivity contribution in [1.82, 2.24) is 5.32 Å². The summed E-state index contributed by atoms with van der Waals surface area (Å²) in [5.74, 6) is -1.05. The van der Waals surface area contributed by atoms with Crippen LogP contribution in [0.2, 0.25) is 0 Å². The smallest absolute Gasteiger partial charge is 0.338 e. The van der Waals surface area contributed by atoms with Crippen molar-refractivity contribution < 1.29 is 19.1 Å². The van der Waals surface area contributed by atoms with Gasteiger partial charge in [0.15, 0.2) is 0 Å². The molecule has 0 aliphatic rings. The third-order valence-electron chi connectivity index (χ3n) is 3.90. The average Bonchev–Trinajstić information content (AvgIpc) is 2.69. The topological polar surface area (TPSA) is 84.5 Å². The van der Waals surface area contributed by atoms with Gasteiger partial charge in [0.05, 0.1) is 12.2 Å². The summed E-state index contributed by atoms with van der Waals surface area (Å²) >= 11 is 0. The first-order valence-electron chi connectivity index (χ1n) is 8.95. The van der Waals surface area contributed by atoms with Crippen molar-refractivity contribution in [3.05, 3.63) is 65.7 Å². The minimum atomic E-state index is -0.712. The van der Waals surface area contributed by atoms with Crippen molar-refractivity contribution in [2.24, 2.45) is 0 Å². The highest BCUT2D eigenvalue weighted by Crippen LogP contribution is 2.11. The van der Waals surface area contributed by atoms with Gasteiger partial charge in [0.25, 0.3) is 5.91 Å². The molecule has 0 bridgehead atoms. The molecule has 0 spiro atoms. The zero-order chi connectivity index (χ0) is 19.6. The number of esters is 1. The number of carbonyl (C=O) groups excluding carboxylic acids is 3. The summed E-state index contributed by atoms with van der Waals surface area (Å²) in [6.45, 7) is 4.02. The largest absolute Gasteiger partial charge is 0.462 e. The van der Waals surface area contributed by atoms with Crippen molar-refractivity contribution in [3.63, 3.8) is 0 Å². The summed E-state index contributed by atoms with van der Waals surface area (Å²) in [4.78, 5) is 36.2. The molecule has 0 fully saturated rings. The first-order chi connectivity index (χ1) is 13.0. The maximum Gasteiger partial charge on any atom is 0.338 e. The van der Waals surface area contributed by atoms with Crippen LogP contribution in [0, 0.1) is 0 Å². The molecule has 2 aromatic rings. The van der Waals surface area contributed by atoms with Crippen LogP contribution in [0.3, 0.4) is 0 Å². The Bertz CT molecular complexity index is 773. The normalized spacial score (nSPS) is 11.3. The Labute approximate surface area is 158 Å². The molecule has 0 unspecified atom stereocenters. The van der Waals surface area contributed by atoms with E-state index >= 15 is 0 Å². The van der Waals surface area contributed by atoms with Crippen LogP contribution >= 0.6 is 0 Å². The maximum atomic E-state index is 12.3. The number of ether oxygens (including phenoxy) is 1. The summed E-state index contributed by atoms with van der Waals surface area (Å²) in [6, 6.07) is 14.4. The quantitative estimate of drug-likeness (QED) is 0.552. The second-order valence-corrected chi connectivity index (χ2v) is 6.12. The molecule has 0 aliphatic carbocycles. The molecular weight excluding hydrogens is 344 g/mol. The molecule has 0 radical (unpaired) electrons. The van der Waals surface area contributed by atoms with Crippen LogP contribution in [0.4, 0.5) is 5.69 Å². The van der Waals surface area contributed by atoms with E-state index in [0.717, 1.165) is 12.8 Å². The van der Waals surface area contributed by atoms with E-state index in [0.29, 0.717) is 23.4 Å². The van der Waals surface area contributed by atoms with Crippen molar-refractivity contribution in [2.75, 3.05) is 11.9 Å². The lowest BCUT2D eigenvalue weighted by atomic mass is 10.2. The van der Waals surface area contributed by atoms with E-state index in [1.807, 2.05) is 13.0 Å². The third kappa shape index (κ3) is 6.26. The van der Waals surface area contributed by atoms with Crippen LogP contribution in [0.5, 0.6) is 0 Å². The Morgan fingerprint density at radius 2 is 1.63 bits per heavy atom. The number of rotatable bonds is 8. The minimum Gasteiger partial charge on any atom is -0.462 e. The number of amides is 2. The first kappa shape index (κ1) is 20.2. The standard InChI is InChI=1S/C21H24N2O4/c1-3-4-14-27-21(26)17-10-12-18(13-11-17)23-19(24)15(2)22-20(25)16-8-6-5-7-9-16/h5-13,15H,3-4,14H2,1-2H3,(H,22,25)(H,23,24)/t15-/m0/s1. The summed E-state index contributed by atoms with van der Waals surface area (Å²) in [7, 11) is 0. The van der Waals surface area contributed by atoms with Crippen LogP contribution in [-0.2, 0) is 9.53 Å². The highest BCUT2D eigenvalue weighted by molar-refractivity contribution is 6.01. The summed E-state index contributed by atoms with van der Waals surface area (Å²) in [6.07, 6.45) is 1.78. The summed E-state index contributed by atoms with van der Waals surface area (Å²) in [5.41, 5.74) is 1.45. The molecule has 2 aromatic carbocycles. The summed E-state index contributed by atoms with van der Waals surface area (Å²) < 4.78 is 5.14. The average molecular weight is 368 g/mol. The monoisotopic (exact) mass is 368 g/mol. The molecule has 2 N–H and O–H groups in total. The van der Waals surface area contributed by atoms with Gasteiger partial charge in [0, 0.05) is 11.3 Å². The molecule has 2 amide bonds. The Morgan fingerprint density at radius 1 is 0.963 bits per heavy atom. The fraction of sp³-hybridized carbons (Fsp3) is 0.286. The van der Waals surface area contributed by atoms with E-state index in [1.54, 1.807) is 55.5 Å². The third-order valence-corrected chi connectivity index (χ3v) is 3.90. The van der Waals surface area contributed by atoms with Crippen LogP contribution in [-0.4, -0.2) is 30.4 Å². The van der Waals surface area contributed by atoms with Gasteiger partial charge in [-0.15, -0.1) is 0 Å². The molecular formula is C21H24N2O4. The van der Waals surface area contributed by atoms with Crippen molar-refractivity contribution in [2.45, 2.75) is 32.7 Å². The molecule has 0 heterocycles. The second-order valence-electron chi connectivity index (χ2n) is 6.12. The molecule has 27 heavy (non-hydrogen) atoms. The van der Waals surface area contributed by atoms with E-state index in [-0.39, 0.29) is 17.8 Å². The van der Waals surface area contributed by atoms with Gasteiger partial charge in [0.2, 0.25) is 5.91 Å². The highest BCUT2D eigenvalue weighted by Gasteiger charge is 2.17. The van der Waals surface area contributed by atoms with Crippen molar-refractivity contribution in [3.8, 4) is 0 Å². The number of anilines is 1. The van der Waals surface area contributed by atoms with Crippen molar-refractivity contribution >= 4 is 23.5 Å². The van der Waals surface area contributed by atoms with Crippen LogP contribution in [0.15, 0.2) is 54.6 Å². The fourth-order valence-electron chi connectivity index (χ4n) is 2.27. The fourth-order valence-corrected chi connectivity index (χ4v) is 2.27. The van der Waals surface area contributed by atoms with Gasteiger partial charge in [0.1, 0.15) is 6.04 Å². The van der Waals surface area contributed by atoms with Gasteiger partial charge < -0.3 is 15.4 Å². The van der Waals surface area contributed by atoms with Crippen LogP contribution < -0.4 is 10.6 Å². The molecule has 2 rings (SSSR count). The van der Waals surface area contributed by atoms with E-state index in [2.05, 4.69) is 10.6 Å². The molecule has 1 atom stereocenters. The number of carbonyl (C=O) groups is 3. The van der Waals surface area contributed by atoms with E-state index in [9.17, 15) is 14.4 Å². The van der Waals surface area contributed by atoms with Crippen LogP contribution in [0.25, 0.3) is 0 Å². The van der Waals surface area contributed by atoms with Crippen molar-refractivity contribution in [1.29, 1.82) is 0 Å². The van der Waals surface area contributed by atoms with E-state index < -0.39 is 6.04 Å². The molecule has 142 valence electrons. The van der Waals surface area contributed by atoms with Gasteiger partial charge in [-0.1, -0.05) is 31.5 Å². The number of benzene rings is 2. The SMILES string of the molecule is CCCCOC(=O)c1ccc(NC(=O)[C@H](C)NC(=O)c2ccccc2)cc1. The predicted octanol–water partition coefficient (Wildman–Crippen LogP) is 3.40. The minimum absolute atomic E-state index is 0.316. The Morgan fingerprint density at radius 3 is 2.26 bits per heavy atom. The molecule has 6 nitrogen and oxygen atoms in total. The molecule has 0 saturated carbocycles. The summed E-state index contributed by atoms with van der Waals surface area (Å²) in [5, 5.41) is 5.36. The maximum absolute atomic E-state index is 12.3. The molecule has 6 heteroatoms. The van der Waals surface area contributed by atoms with E-state index in [4.69, 9.17) is 4.74 Å². The Hall–Kier alpha value is -3.15. The van der Waals surface area contributed by atoms with Gasteiger partial charge in [-0.2, -0.15) is 0 Å². The zero-order valence-corrected chi connectivity index (χ0v) is 15.5. The lowest BCUT2D eigenvalue weighted by molar-refractivity contribution is -0.117. The second kappa shape index (κ2) is 10.1. The molecule has 0 aromatic heterocycles. The number of hydrogen-bond acceptors (Lipinski definition) is 4. The number of nitrogens with one attached hydrogen (secondary N) is 2. The van der Waals surface area contributed by atoms with E-state index in [1.165, 1.54) is 0 Å².